The van der Waals surface area contributed by atoms with Crippen molar-refractivity contribution in [1.82, 2.24) is 0 Å². The topological polar surface area (TPSA) is 18.5 Å². The van der Waals surface area contributed by atoms with Gasteiger partial charge in [-0.05, 0) is 49.8 Å². The average Bonchev–Trinajstić information content (AvgIpc) is 2.59. The Morgan fingerprint density at radius 1 is 1.00 bits per heavy atom. The van der Waals surface area contributed by atoms with E-state index in [1.165, 1.54) is 25.3 Å². The fraction of sp³-hybridized carbons (Fsp3) is 0.700. The third-order valence-electron chi connectivity index (χ3n) is 4.75. The molecule has 0 amide bonds. The summed E-state index contributed by atoms with van der Waals surface area (Å²) in [7, 11) is 0. The molecular formula is C20H28F4O2. The molecule has 2 nitrogen and oxygen atoms in total. The molecule has 1 aliphatic heterocycles. The largest absolute Gasteiger partial charge is 0.419 e. The predicted molar refractivity (Wildman–Crippen MR) is 92.3 cm³/mol. The van der Waals surface area contributed by atoms with Crippen molar-refractivity contribution < 1.29 is 27.0 Å². The molecule has 1 aliphatic rings. The Bertz CT molecular complexity index is 537. The van der Waals surface area contributed by atoms with E-state index in [4.69, 9.17) is 9.47 Å². The second-order valence-corrected chi connectivity index (χ2v) is 7.02. The van der Waals surface area contributed by atoms with Gasteiger partial charge in [-0.1, -0.05) is 32.3 Å². The summed E-state index contributed by atoms with van der Waals surface area (Å²) in [6.07, 6.45) is 2.84. The van der Waals surface area contributed by atoms with E-state index in [-0.39, 0.29) is 6.29 Å². The van der Waals surface area contributed by atoms with Crippen LogP contribution < -0.4 is 0 Å². The average molecular weight is 376 g/mol. The fourth-order valence-corrected chi connectivity index (χ4v) is 3.18. The summed E-state index contributed by atoms with van der Waals surface area (Å²) in [4.78, 5) is 0. The zero-order valence-corrected chi connectivity index (χ0v) is 15.3. The third-order valence-corrected chi connectivity index (χ3v) is 4.75. The monoisotopic (exact) mass is 376 g/mol. The van der Waals surface area contributed by atoms with Crippen LogP contribution in [0.3, 0.4) is 0 Å². The van der Waals surface area contributed by atoms with Crippen LogP contribution in [0.1, 0.15) is 63.0 Å². The number of halogens is 4. The number of hydrogen-bond acceptors (Lipinski definition) is 2. The van der Waals surface area contributed by atoms with Crippen molar-refractivity contribution in [2.24, 2.45) is 5.92 Å². The van der Waals surface area contributed by atoms with Gasteiger partial charge in [-0.3, -0.25) is 0 Å². The number of benzene rings is 1. The van der Waals surface area contributed by atoms with E-state index in [9.17, 15) is 17.6 Å². The number of alkyl halides is 3. The number of unbranched alkanes of at least 4 members (excludes halogenated alkanes) is 3. The molecule has 1 saturated heterocycles. The number of aryl methyl sites for hydroxylation is 1. The molecule has 2 rings (SSSR count). The van der Waals surface area contributed by atoms with Gasteiger partial charge in [-0.2, -0.15) is 13.2 Å². The first-order valence-corrected chi connectivity index (χ1v) is 9.49. The van der Waals surface area contributed by atoms with Crippen LogP contribution in [0, 0.1) is 11.7 Å². The summed E-state index contributed by atoms with van der Waals surface area (Å²) in [5, 5.41) is 0. The Balaban J connectivity index is 1.63. The molecule has 6 heteroatoms. The van der Waals surface area contributed by atoms with Gasteiger partial charge in [0, 0.05) is 5.92 Å². The van der Waals surface area contributed by atoms with Crippen LogP contribution in [-0.2, 0) is 22.1 Å². The molecule has 1 aromatic carbocycles. The highest BCUT2D eigenvalue weighted by atomic mass is 19.4. The summed E-state index contributed by atoms with van der Waals surface area (Å²) < 4.78 is 62.6. The molecule has 0 spiro atoms. The number of ether oxygens (including phenoxy) is 2. The van der Waals surface area contributed by atoms with Crippen LogP contribution in [0.5, 0.6) is 0 Å². The lowest BCUT2D eigenvalue weighted by Gasteiger charge is -2.29. The highest BCUT2D eigenvalue weighted by molar-refractivity contribution is 5.26. The first-order chi connectivity index (χ1) is 12.4. The summed E-state index contributed by atoms with van der Waals surface area (Å²) in [6, 6.07) is 3.15. The van der Waals surface area contributed by atoms with Gasteiger partial charge in [0.05, 0.1) is 18.8 Å². The van der Waals surface area contributed by atoms with Gasteiger partial charge < -0.3 is 9.47 Å². The molecule has 0 radical (unpaired) electrons. The number of rotatable bonds is 9. The normalized spacial score (nSPS) is 21.1. The van der Waals surface area contributed by atoms with Gasteiger partial charge in [0.2, 0.25) is 0 Å². The van der Waals surface area contributed by atoms with Gasteiger partial charge >= 0.3 is 6.18 Å². The van der Waals surface area contributed by atoms with Gasteiger partial charge in [-0.15, -0.1) is 0 Å². The first-order valence-electron chi connectivity index (χ1n) is 9.49. The van der Waals surface area contributed by atoms with Crippen LogP contribution in [0.4, 0.5) is 17.6 Å². The van der Waals surface area contributed by atoms with E-state index in [2.05, 4.69) is 6.92 Å². The van der Waals surface area contributed by atoms with Crippen molar-refractivity contribution in [2.75, 3.05) is 13.2 Å². The molecule has 1 heterocycles. The van der Waals surface area contributed by atoms with Gasteiger partial charge in [0.25, 0.3) is 0 Å². The maximum Gasteiger partial charge on any atom is 0.419 e. The van der Waals surface area contributed by atoms with Crippen molar-refractivity contribution in [3.05, 3.63) is 35.1 Å². The minimum Gasteiger partial charge on any atom is -0.352 e. The second-order valence-electron chi connectivity index (χ2n) is 7.02. The molecule has 0 aromatic heterocycles. The second kappa shape index (κ2) is 10.3. The molecule has 0 bridgehead atoms. The molecule has 0 aliphatic carbocycles. The lowest BCUT2D eigenvalue weighted by atomic mass is 10.0. The first kappa shape index (κ1) is 21.2. The molecule has 0 saturated carbocycles. The standard InChI is InChI=1S/C20H28F4O2/c1-2-3-4-8-16-13-25-19(26-14-16)9-6-5-7-15-10-11-17(18(21)12-15)20(22,23)24/h10-12,16,19H,2-9,13-14H2,1H3. The van der Waals surface area contributed by atoms with Crippen LogP contribution in [0.2, 0.25) is 0 Å². The van der Waals surface area contributed by atoms with Crippen LogP contribution in [0.15, 0.2) is 18.2 Å². The molecule has 0 unspecified atom stereocenters. The summed E-state index contributed by atoms with van der Waals surface area (Å²) in [5.41, 5.74) is -0.629. The van der Waals surface area contributed by atoms with Crippen molar-refractivity contribution >= 4 is 0 Å². The fourth-order valence-electron chi connectivity index (χ4n) is 3.18. The van der Waals surface area contributed by atoms with Crippen LogP contribution in [-0.4, -0.2) is 19.5 Å². The Hall–Kier alpha value is -1.14. The van der Waals surface area contributed by atoms with E-state index in [0.29, 0.717) is 17.9 Å². The highest BCUT2D eigenvalue weighted by Crippen LogP contribution is 2.31. The van der Waals surface area contributed by atoms with E-state index >= 15 is 0 Å². The van der Waals surface area contributed by atoms with E-state index in [1.54, 1.807) is 0 Å². The minimum atomic E-state index is -4.65. The molecule has 26 heavy (non-hydrogen) atoms. The summed E-state index contributed by atoms with van der Waals surface area (Å²) in [6.45, 7) is 3.65. The van der Waals surface area contributed by atoms with Gasteiger partial charge in [-0.25, -0.2) is 4.39 Å². The van der Waals surface area contributed by atoms with Crippen LogP contribution in [0.25, 0.3) is 0 Å². The van der Waals surface area contributed by atoms with Crippen molar-refractivity contribution in [3.63, 3.8) is 0 Å². The Morgan fingerprint density at radius 3 is 2.31 bits per heavy atom. The third kappa shape index (κ3) is 6.88. The molecule has 148 valence electrons. The maximum absolute atomic E-state index is 13.5. The summed E-state index contributed by atoms with van der Waals surface area (Å²) in [5.74, 6) is -0.726. The van der Waals surface area contributed by atoms with Crippen molar-refractivity contribution in [3.8, 4) is 0 Å². The highest BCUT2D eigenvalue weighted by Gasteiger charge is 2.33. The Labute approximate surface area is 152 Å². The lowest BCUT2D eigenvalue weighted by molar-refractivity contribution is -0.204. The SMILES string of the molecule is CCCCCC1COC(CCCCc2ccc(C(F)(F)F)c(F)c2)OC1. The van der Waals surface area contributed by atoms with Gasteiger partial charge in [0.15, 0.2) is 6.29 Å². The van der Waals surface area contributed by atoms with Crippen molar-refractivity contribution in [1.29, 1.82) is 0 Å². The van der Waals surface area contributed by atoms with E-state index in [1.807, 2.05) is 0 Å². The Kier molecular flexibility index (Phi) is 8.35. The quantitative estimate of drug-likeness (QED) is 0.381. The molecule has 0 N–H and O–H groups in total. The smallest absolute Gasteiger partial charge is 0.352 e. The molecule has 1 fully saturated rings. The zero-order valence-electron chi connectivity index (χ0n) is 15.3. The Morgan fingerprint density at radius 2 is 1.69 bits per heavy atom. The minimum absolute atomic E-state index is 0.193. The molecule has 0 atom stereocenters. The summed E-state index contributed by atoms with van der Waals surface area (Å²) >= 11 is 0. The molecular weight excluding hydrogens is 348 g/mol. The maximum atomic E-state index is 13.5. The van der Waals surface area contributed by atoms with Crippen LogP contribution >= 0.6 is 0 Å². The number of hydrogen-bond donors (Lipinski definition) is 0. The zero-order chi connectivity index (χ0) is 19.0. The van der Waals surface area contributed by atoms with E-state index in [0.717, 1.165) is 51.0 Å². The predicted octanol–water partition coefficient (Wildman–Crippen LogP) is 6.13. The lowest BCUT2D eigenvalue weighted by Crippen LogP contribution is -2.32. The van der Waals surface area contributed by atoms with Crippen molar-refractivity contribution in [2.45, 2.75) is 70.8 Å². The van der Waals surface area contributed by atoms with Gasteiger partial charge in [0.1, 0.15) is 5.82 Å². The molecule has 1 aromatic rings. The van der Waals surface area contributed by atoms with E-state index < -0.39 is 17.6 Å².